The SMILES string of the molecule is CC(=O)N[C@H]1C[C@@H](C)S(=O)(=O)c2sccc21. The first-order chi connectivity index (χ1) is 7.43. The van der Waals surface area contributed by atoms with Gasteiger partial charge in [0.25, 0.3) is 0 Å². The molecule has 0 spiro atoms. The lowest BCUT2D eigenvalue weighted by atomic mass is 10.1. The van der Waals surface area contributed by atoms with Crippen LogP contribution in [0.5, 0.6) is 0 Å². The number of carbonyl (C=O) groups excluding carboxylic acids is 1. The number of rotatable bonds is 1. The molecule has 0 radical (unpaired) electrons. The largest absolute Gasteiger partial charge is 0.349 e. The van der Waals surface area contributed by atoms with Gasteiger partial charge in [-0.25, -0.2) is 8.42 Å². The summed E-state index contributed by atoms with van der Waals surface area (Å²) >= 11 is 1.23. The highest BCUT2D eigenvalue weighted by Crippen LogP contribution is 2.39. The Hall–Kier alpha value is -0.880. The summed E-state index contributed by atoms with van der Waals surface area (Å²) in [5.41, 5.74) is 0.735. The van der Waals surface area contributed by atoms with Gasteiger partial charge in [-0.05, 0) is 24.8 Å². The molecule has 0 saturated carbocycles. The average Bonchev–Trinajstić information content (AvgIpc) is 2.62. The van der Waals surface area contributed by atoms with Crippen LogP contribution in [0, 0.1) is 0 Å². The van der Waals surface area contributed by atoms with E-state index in [4.69, 9.17) is 0 Å². The van der Waals surface area contributed by atoms with Crippen molar-refractivity contribution < 1.29 is 13.2 Å². The van der Waals surface area contributed by atoms with Crippen molar-refractivity contribution >= 4 is 27.1 Å². The summed E-state index contributed by atoms with van der Waals surface area (Å²) in [6.45, 7) is 3.13. The summed E-state index contributed by atoms with van der Waals surface area (Å²) in [4.78, 5) is 11.1. The summed E-state index contributed by atoms with van der Waals surface area (Å²) in [6.07, 6.45) is 0.450. The van der Waals surface area contributed by atoms with E-state index in [1.165, 1.54) is 18.3 Å². The molecule has 1 aliphatic rings. The molecule has 4 nitrogen and oxygen atoms in total. The van der Waals surface area contributed by atoms with Crippen LogP contribution in [0.3, 0.4) is 0 Å². The monoisotopic (exact) mass is 259 g/mol. The molecule has 2 heterocycles. The number of carbonyl (C=O) groups is 1. The number of fused-ring (bicyclic) bond motifs is 1. The molecule has 1 amide bonds. The van der Waals surface area contributed by atoms with Crippen LogP contribution >= 0.6 is 11.3 Å². The molecule has 6 heteroatoms. The normalized spacial score (nSPS) is 27.1. The van der Waals surface area contributed by atoms with Crippen molar-refractivity contribution in [1.29, 1.82) is 0 Å². The van der Waals surface area contributed by atoms with Crippen molar-refractivity contribution in [3.63, 3.8) is 0 Å². The van der Waals surface area contributed by atoms with Crippen molar-refractivity contribution in [2.75, 3.05) is 0 Å². The maximum Gasteiger partial charge on any atom is 0.217 e. The van der Waals surface area contributed by atoms with Gasteiger partial charge in [0.05, 0.1) is 11.3 Å². The van der Waals surface area contributed by atoms with Crippen LogP contribution < -0.4 is 5.32 Å². The van der Waals surface area contributed by atoms with E-state index in [1.807, 2.05) is 0 Å². The molecule has 2 rings (SSSR count). The second-order valence-corrected chi connectivity index (χ2v) is 7.49. The van der Waals surface area contributed by atoms with Crippen molar-refractivity contribution in [3.8, 4) is 0 Å². The summed E-state index contributed by atoms with van der Waals surface area (Å²) in [6, 6.07) is 1.61. The Bertz CT molecular complexity index is 518. The second kappa shape index (κ2) is 3.85. The molecular weight excluding hydrogens is 246 g/mol. The third-order valence-electron chi connectivity index (χ3n) is 2.77. The fourth-order valence-electron chi connectivity index (χ4n) is 1.95. The predicted molar refractivity (Wildman–Crippen MR) is 62.1 cm³/mol. The zero-order chi connectivity index (χ0) is 11.9. The molecule has 1 aromatic heterocycles. The van der Waals surface area contributed by atoms with E-state index in [9.17, 15) is 13.2 Å². The van der Waals surface area contributed by atoms with Crippen LogP contribution in [-0.2, 0) is 14.6 Å². The highest BCUT2D eigenvalue weighted by molar-refractivity contribution is 7.94. The molecule has 0 saturated heterocycles. The Kier molecular flexibility index (Phi) is 2.79. The van der Waals surface area contributed by atoms with Gasteiger partial charge in [0.2, 0.25) is 5.91 Å². The molecule has 0 aromatic carbocycles. The standard InChI is InChI=1S/C10H13NO3S2/c1-6-5-9(11-7(2)12)8-3-4-15-10(8)16(6,13)14/h3-4,6,9H,5H2,1-2H3,(H,11,12)/t6-,9+/m1/s1. The molecule has 16 heavy (non-hydrogen) atoms. The van der Waals surface area contributed by atoms with Crippen molar-refractivity contribution in [1.82, 2.24) is 5.32 Å². The third kappa shape index (κ3) is 1.76. The molecule has 1 aliphatic heterocycles. The topological polar surface area (TPSA) is 63.2 Å². The first-order valence-corrected chi connectivity index (χ1v) is 7.44. The third-order valence-corrected chi connectivity index (χ3v) is 6.48. The Morgan fingerprint density at radius 2 is 2.25 bits per heavy atom. The zero-order valence-corrected chi connectivity index (χ0v) is 10.7. The van der Waals surface area contributed by atoms with Crippen molar-refractivity contribution in [2.24, 2.45) is 0 Å². The van der Waals surface area contributed by atoms with Crippen molar-refractivity contribution in [2.45, 2.75) is 35.8 Å². The van der Waals surface area contributed by atoms with Crippen LogP contribution in [0.25, 0.3) is 0 Å². The summed E-state index contributed by atoms with van der Waals surface area (Å²) in [5, 5.41) is 4.12. The van der Waals surface area contributed by atoms with E-state index in [-0.39, 0.29) is 11.9 Å². The van der Waals surface area contributed by atoms with E-state index in [1.54, 1.807) is 18.4 Å². The van der Waals surface area contributed by atoms with E-state index < -0.39 is 15.1 Å². The molecule has 2 atom stereocenters. The Morgan fingerprint density at radius 1 is 1.56 bits per heavy atom. The van der Waals surface area contributed by atoms with E-state index >= 15 is 0 Å². The molecule has 0 unspecified atom stereocenters. The van der Waals surface area contributed by atoms with E-state index in [0.717, 1.165) is 5.56 Å². The Labute approximate surface area is 98.6 Å². The lowest BCUT2D eigenvalue weighted by Crippen LogP contribution is -2.35. The van der Waals surface area contributed by atoms with Crippen LogP contribution in [0.15, 0.2) is 15.7 Å². The van der Waals surface area contributed by atoms with Gasteiger partial charge in [0.1, 0.15) is 4.21 Å². The second-order valence-electron chi connectivity index (χ2n) is 4.01. The number of nitrogens with one attached hydrogen (secondary N) is 1. The lowest BCUT2D eigenvalue weighted by molar-refractivity contribution is -0.119. The summed E-state index contributed by atoms with van der Waals surface area (Å²) < 4.78 is 24.4. The van der Waals surface area contributed by atoms with E-state index in [2.05, 4.69) is 5.32 Å². The maximum absolute atomic E-state index is 12.0. The first-order valence-electron chi connectivity index (χ1n) is 5.01. The molecule has 88 valence electrons. The average molecular weight is 259 g/mol. The van der Waals surface area contributed by atoms with Gasteiger partial charge in [0.15, 0.2) is 9.84 Å². The number of sulfone groups is 1. The van der Waals surface area contributed by atoms with Crippen LogP contribution in [0.1, 0.15) is 31.9 Å². The fraction of sp³-hybridized carbons (Fsp3) is 0.500. The smallest absolute Gasteiger partial charge is 0.217 e. The summed E-state index contributed by atoms with van der Waals surface area (Å²) in [7, 11) is -3.18. The molecule has 0 fully saturated rings. The van der Waals surface area contributed by atoms with Gasteiger partial charge in [-0.2, -0.15) is 0 Å². The molecule has 0 aliphatic carbocycles. The van der Waals surface area contributed by atoms with Gasteiger partial charge >= 0.3 is 0 Å². The van der Waals surface area contributed by atoms with Gasteiger partial charge in [-0.3, -0.25) is 4.79 Å². The number of hydrogen-bond acceptors (Lipinski definition) is 4. The molecule has 1 N–H and O–H groups in total. The van der Waals surface area contributed by atoms with Crippen molar-refractivity contribution in [3.05, 3.63) is 17.0 Å². The number of amides is 1. The van der Waals surface area contributed by atoms with Crippen LogP contribution in [-0.4, -0.2) is 19.6 Å². The zero-order valence-electron chi connectivity index (χ0n) is 9.06. The minimum absolute atomic E-state index is 0.131. The number of thiophene rings is 1. The minimum Gasteiger partial charge on any atom is -0.349 e. The van der Waals surface area contributed by atoms with Gasteiger partial charge in [-0.1, -0.05) is 0 Å². The minimum atomic E-state index is -3.18. The Morgan fingerprint density at radius 3 is 2.88 bits per heavy atom. The quantitative estimate of drug-likeness (QED) is 0.831. The maximum atomic E-state index is 12.0. The van der Waals surface area contributed by atoms with E-state index in [0.29, 0.717) is 10.6 Å². The molecule has 1 aromatic rings. The van der Waals surface area contributed by atoms with Crippen LogP contribution in [0.4, 0.5) is 0 Å². The highest BCUT2D eigenvalue weighted by Gasteiger charge is 2.37. The summed E-state index contributed by atoms with van der Waals surface area (Å²) in [5.74, 6) is -0.131. The van der Waals surface area contributed by atoms with Crippen LogP contribution in [0.2, 0.25) is 0 Å². The molecular formula is C10H13NO3S2. The van der Waals surface area contributed by atoms with Gasteiger partial charge in [0, 0.05) is 12.5 Å². The highest BCUT2D eigenvalue weighted by atomic mass is 32.2. The molecule has 0 bridgehead atoms. The number of hydrogen-bond donors (Lipinski definition) is 1. The predicted octanol–water partition coefficient (Wildman–Crippen LogP) is 1.49. The first kappa shape index (κ1) is 11.6. The van der Waals surface area contributed by atoms with Gasteiger partial charge in [-0.15, -0.1) is 11.3 Å². The lowest BCUT2D eigenvalue weighted by Gasteiger charge is -2.27. The van der Waals surface area contributed by atoms with Gasteiger partial charge < -0.3 is 5.32 Å². The Balaban J connectivity index is 2.46. The fourth-order valence-corrected chi connectivity index (χ4v) is 5.18.